The first-order valence-corrected chi connectivity index (χ1v) is 6.04. The van der Waals surface area contributed by atoms with Crippen molar-refractivity contribution < 1.29 is 4.74 Å². The molecule has 0 heterocycles. The minimum absolute atomic E-state index is 0.103. The first-order valence-electron chi connectivity index (χ1n) is 5.29. The zero-order valence-electron chi connectivity index (χ0n) is 10.6. The summed E-state index contributed by atoms with van der Waals surface area (Å²) < 4.78 is 5.69. The molecule has 0 aromatic heterocycles. The van der Waals surface area contributed by atoms with Crippen molar-refractivity contribution in [1.29, 1.82) is 0 Å². The van der Waals surface area contributed by atoms with Crippen molar-refractivity contribution in [1.82, 2.24) is 4.90 Å². The van der Waals surface area contributed by atoms with Gasteiger partial charge in [-0.15, -0.1) is 0 Å². The van der Waals surface area contributed by atoms with Crippen LogP contribution in [0.3, 0.4) is 0 Å². The number of benzene rings is 1. The van der Waals surface area contributed by atoms with Crippen molar-refractivity contribution in [3.63, 3.8) is 0 Å². The fourth-order valence-corrected chi connectivity index (χ4v) is 1.71. The average molecular weight is 277 g/mol. The third kappa shape index (κ3) is 3.66. The van der Waals surface area contributed by atoms with Crippen molar-refractivity contribution in [2.24, 2.45) is 0 Å². The Morgan fingerprint density at radius 1 is 1.24 bits per heavy atom. The van der Waals surface area contributed by atoms with Crippen LogP contribution in [0, 0.1) is 0 Å². The second kappa shape index (κ2) is 5.34. The molecule has 1 aromatic rings. The Morgan fingerprint density at radius 3 is 2.12 bits per heavy atom. The Kier molecular flexibility index (Phi) is 4.53. The van der Waals surface area contributed by atoms with Gasteiger partial charge in [0.15, 0.2) is 5.75 Å². The Labute approximate surface area is 112 Å². The maximum absolute atomic E-state index is 6.04. The number of ether oxygens (including phenoxy) is 1. The number of halogens is 2. The van der Waals surface area contributed by atoms with Crippen LogP contribution in [0.4, 0.5) is 5.69 Å². The molecule has 2 N–H and O–H groups in total. The lowest BCUT2D eigenvalue weighted by molar-refractivity contribution is 0.114. The van der Waals surface area contributed by atoms with E-state index in [9.17, 15) is 0 Å². The van der Waals surface area contributed by atoms with Crippen LogP contribution < -0.4 is 10.5 Å². The van der Waals surface area contributed by atoms with Crippen LogP contribution in [0.1, 0.15) is 13.8 Å². The van der Waals surface area contributed by atoms with E-state index in [1.54, 1.807) is 12.1 Å². The fraction of sp³-hybridized carbons (Fsp3) is 0.500. The monoisotopic (exact) mass is 276 g/mol. The predicted octanol–water partition coefficient (Wildman–Crippen LogP) is 3.29. The molecule has 0 aliphatic rings. The third-order valence-electron chi connectivity index (χ3n) is 2.80. The molecule has 0 atom stereocenters. The summed E-state index contributed by atoms with van der Waals surface area (Å²) in [5, 5.41) is 0.870. The summed E-state index contributed by atoms with van der Waals surface area (Å²) in [5.41, 5.74) is 6.05. The average Bonchev–Trinajstić information content (AvgIpc) is 2.15. The maximum atomic E-state index is 6.04. The topological polar surface area (TPSA) is 38.5 Å². The van der Waals surface area contributed by atoms with E-state index < -0.39 is 0 Å². The van der Waals surface area contributed by atoms with Crippen LogP contribution >= 0.6 is 23.2 Å². The van der Waals surface area contributed by atoms with Crippen molar-refractivity contribution >= 4 is 28.9 Å². The van der Waals surface area contributed by atoms with Gasteiger partial charge in [-0.25, -0.2) is 0 Å². The van der Waals surface area contributed by atoms with E-state index in [2.05, 4.69) is 18.7 Å². The molecule has 3 nitrogen and oxygen atoms in total. The highest BCUT2D eigenvalue weighted by molar-refractivity contribution is 6.37. The molecule has 96 valence electrons. The summed E-state index contributed by atoms with van der Waals surface area (Å²) in [7, 11) is 3.99. The maximum Gasteiger partial charge on any atom is 0.156 e. The number of rotatable bonds is 4. The minimum Gasteiger partial charge on any atom is -0.489 e. The molecule has 0 bridgehead atoms. The Hall–Kier alpha value is -0.640. The molecule has 0 amide bonds. The molecule has 0 radical (unpaired) electrons. The highest BCUT2D eigenvalue weighted by atomic mass is 35.5. The van der Waals surface area contributed by atoms with Gasteiger partial charge in [0.05, 0.1) is 10.0 Å². The number of nitrogens with two attached hydrogens (primary N) is 1. The van der Waals surface area contributed by atoms with E-state index >= 15 is 0 Å². The molecule has 17 heavy (non-hydrogen) atoms. The Bertz CT molecular complexity index is 382. The van der Waals surface area contributed by atoms with Gasteiger partial charge >= 0.3 is 0 Å². The molecule has 0 fully saturated rings. The van der Waals surface area contributed by atoms with Gasteiger partial charge in [0.1, 0.15) is 6.61 Å². The summed E-state index contributed by atoms with van der Waals surface area (Å²) in [4.78, 5) is 2.08. The summed E-state index contributed by atoms with van der Waals surface area (Å²) in [6, 6.07) is 3.26. The van der Waals surface area contributed by atoms with Gasteiger partial charge < -0.3 is 15.4 Å². The molecular weight excluding hydrogens is 259 g/mol. The van der Waals surface area contributed by atoms with Crippen LogP contribution in [0.5, 0.6) is 5.75 Å². The fourth-order valence-electron chi connectivity index (χ4n) is 1.10. The van der Waals surface area contributed by atoms with Crippen molar-refractivity contribution in [2.45, 2.75) is 19.4 Å². The van der Waals surface area contributed by atoms with Gasteiger partial charge in [0.25, 0.3) is 0 Å². The highest BCUT2D eigenvalue weighted by Gasteiger charge is 2.22. The summed E-state index contributed by atoms with van der Waals surface area (Å²) in [6.07, 6.45) is 0. The Balaban J connectivity index is 2.83. The molecule has 0 spiro atoms. The van der Waals surface area contributed by atoms with E-state index in [4.69, 9.17) is 33.7 Å². The zero-order chi connectivity index (χ0) is 13.2. The molecule has 0 saturated heterocycles. The number of anilines is 1. The minimum atomic E-state index is -0.103. The van der Waals surface area contributed by atoms with Crippen LogP contribution in [0.25, 0.3) is 0 Å². The standard InChI is InChI=1S/C12H18Cl2N2O/c1-12(2,16(3)4)7-17-11-9(13)5-8(15)6-10(11)14/h5-6H,7,15H2,1-4H3. The molecule has 1 rings (SSSR count). The normalized spacial score (nSPS) is 11.9. The van der Waals surface area contributed by atoms with Crippen LogP contribution in [-0.2, 0) is 0 Å². The summed E-state index contributed by atoms with van der Waals surface area (Å²) in [5.74, 6) is 0.484. The molecule has 0 aliphatic carbocycles. The van der Waals surface area contributed by atoms with Gasteiger partial charge in [-0.3, -0.25) is 0 Å². The van der Waals surface area contributed by atoms with Crippen LogP contribution in [0.15, 0.2) is 12.1 Å². The van der Waals surface area contributed by atoms with E-state index in [1.165, 1.54) is 0 Å². The van der Waals surface area contributed by atoms with E-state index in [1.807, 2.05) is 14.1 Å². The summed E-state index contributed by atoms with van der Waals surface area (Å²) in [6.45, 7) is 4.64. The lowest BCUT2D eigenvalue weighted by Gasteiger charge is -2.32. The van der Waals surface area contributed by atoms with Crippen molar-refractivity contribution in [2.75, 3.05) is 26.4 Å². The number of hydrogen-bond acceptors (Lipinski definition) is 3. The first-order chi connectivity index (χ1) is 7.74. The van der Waals surface area contributed by atoms with Gasteiger partial charge in [-0.05, 0) is 40.1 Å². The molecular formula is C12H18Cl2N2O. The van der Waals surface area contributed by atoms with E-state index in [0.29, 0.717) is 28.1 Å². The number of hydrogen-bond donors (Lipinski definition) is 1. The molecule has 0 unspecified atom stereocenters. The predicted molar refractivity (Wildman–Crippen MR) is 74.1 cm³/mol. The van der Waals surface area contributed by atoms with E-state index in [-0.39, 0.29) is 5.54 Å². The Morgan fingerprint density at radius 2 is 1.71 bits per heavy atom. The van der Waals surface area contributed by atoms with Gasteiger partial charge in [-0.2, -0.15) is 0 Å². The highest BCUT2D eigenvalue weighted by Crippen LogP contribution is 2.35. The van der Waals surface area contributed by atoms with Crippen LogP contribution in [0.2, 0.25) is 10.0 Å². The lowest BCUT2D eigenvalue weighted by atomic mass is 10.1. The SMILES string of the molecule is CN(C)C(C)(C)COc1c(Cl)cc(N)cc1Cl. The zero-order valence-corrected chi connectivity index (χ0v) is 12.1. The molecule has 0 aliphatic heterocycles. The van der Waals surface area contributed by atoms with Crippen molar-refractivity contribution in [3.05, 3.63) is 22.2 Å². The van der Waals surface area contributed by atoms with Crippen LogP contribution in [-0.4, -0.2) is 31.1 Å². The van der Waals surface area contributed by atoms with Gasteiger partial charge in [0.2, 0.25) is 0 Å². The second-order valence-corrected chi connectivity index (χ2v) is 5.62. The second-order valence-electron chi connectivity index (χ2n) is 4.81. The van der Waals surface area contributed by atoms with Gasteiger partial charge in [-0.1, -0.05) is 23.2 Å². The smallest absolute Gasteiger partial charge is 0.156 e. The quantitative estimate of drug-likeness (QED) is 0.858. The largest absolute Gasteiger partial charge is 0.489 e. The van der Waals surface area contributed by atoms with Gasteiger partial charge in [0, 0.05) is 11.2 Å². The first kappa shape index (κ1) is 14.4. The molecule has 0 saturated carbocycles. The van der Waals surface area contributed by atoms with E-state index in [0.717, 1.165) is 0 Å². The molecule has 1 aromatic carbocycles. The third-order valence-corrected chi connectivity index (χ3v) is 3.36. The summed E-state index contributed by atoms with van der Waals surface area (Å²) >= 11 is 12.1. The lowest BCUT2D eigenvalue weighted by Crippen LogP contribution is -2.43. The number of nitrogen functional groups attached to an aromatic ring is 1. The number of likely N-dealkylation sites (N-methyl/N-ethyl adjacent to an activating group) is 1. The molecule has 5 heteroatoms. The number of nitrogens with zero attached hydrogens (tertiary/aromatic N) is 1. The van der Waals surface area contributed by atoms with Crippen molar-refractivity contribution in [3.8, 4) is 5.75 Å².